The predicted octanol–water partition coefficient (Wildman–Crippen LogP) is 2.64. The third-order valence-electron chi connectivity index (χ3n) is 10.6. The molecule has 44 heavy (non-hydrogen) atoms. The molecule has 1 saturated heterocycles. The van der Waals surface area contributed by atoms with Crippen LogP contribution in [0.15, 0.2) is 41.7 Å². The molecule has 0 radical (unpaired) electrons. The lowest BCUT2D eigenvalue weighted by Gasteiger charge is -2.67. The summed E-state index contributed by atoms with van der Waals surface area (Å²) in [4.78, 5) is 54.3. The van der Waals surface area contributed by atoms with E-state index in [1.807, 2.05) is 0 Å². The molecular formula is C33H42O11. The summed E-state index contributed by atoms with van der Waals surface area (Å²) in [6, 6.07) is 8.09. The maximum absolute atomic E-state index is 14.9. The van der Waals surface area contributed by atoms with Gasteiger partial charge < -0.3 is 34.3 Å². The van der Waals surface area contributed by atoms with E-state index in [9.17, 15) is 34.5 Å². The highest BCUT2D eigenvalue weighted by molar-refractivity contribution is 6.02. The van der Waals surface area contributed by atoms with Crippen molar-refractivity contribution in [3.8, 4) is 0 Å². The zero-order valence-electron chi connectivity index (χ0n) is 26.0. The Morgan fingerprint density at radius 2 is 1.75 bits per heavy atom. The highest BCUT2D eigenvalue weighted by Gasteiger charge is 2.77. The van der Waals surface area contributed by atoms with Crippen molar-refractivity contribution in [1.29, 1.82) is 0 Å². The van der Waals surface area contributed by atoms with Crippen LogP contribution in [0.4, 0.5) is 0 Å². The number of carbonyl (C=O) groups excluding carboxylic acids is 4. The van der Waals surface area contributed by atoms with Crippen molar-refractivity contribution in [3.63, 3.8) is 0 Å². The van der Waals surface area contributed by atoms with Crippen molar-refractivity contribution in [1.82, 2.24) is 0 Å². The number of esters is 3. The largest absolute Gasteiger partial charge is 0.455 e. The molecule has 9 atom stereocenters. The topological polar surface area (TPSA) is 166 Å². The molecule has 3 fully saturated rings. The Kier molecular flexibility index (Phi) is 8.10. The van der Waals surface area contributed by atoms with Crippen LogP contribution in [0, 0.1) is 22.7 Å². The van der Waals surface area contributed by atoms with Crippen molar-refractivity contribution >= 4 is 23.7 Å². The summed E-state index contributed by atoms with van der Waals surface area (Å²) in [5, 5.41) is 36.1. The van der Waals surface area contributed by atoms with Gasteiger partial charge in [-0.1, -0.05) is 45.9 Å². The lowest BCUT2D eigenvalue weighted by atomic mass is 9.45. The van der Waals surface area contributed by atoms with Crippen LogP contribution in [-0.4, -0.2) is 81.2 Å². The van der Waals surface area contributed by atoms with E-state index in [4.69, 9.17) is 18.9 Å². The van der Waals surface area contributed by atoms with Crippen LogP contribution >= 0.6 is 0 Å². The summed E-state index contributed by atoms with van der Waals surface area (Å²) in [6.07, 6.45) is -5.07. The van der Waals surface area contributed by atoms with Crippen molar-refractivity contribution in [2.24, 2.45) is 22.7 Å². The summed E-state index contributed by atoms with van der Waals surface area (Å²) in [6.45, 7) is 9.14. The van der Waals surface area contributed by atoms with Crippen LogP contribution in [0.3, 0.4) is 0 Å². The number of ether oxygens (including phenoxy) is 4. The van der Waals surface area contributed by atoms with Gasteiger partial charge in [-0.25, -0.2) is 4.79 Å². The molecule has 2 bridgehead atoms. The summed E-state index contributed by atoms with van der Waals surface area (Å²) in [5.41, 5.74) is -6.73. The highest BCUT2D eigenvalue weighted by atomic mass is 16.6. The number of aliphatic hydroxyl groups is 3. The fourth-order valence-corrected chi connectivity index (χ4v) is 8.09. The van der Waals surface area contributed by atoms with E-state index in [0.29, 0.717) is 6.42 Å². The first-order chi connectivity index (χ1) is 20.6. The van der Waals surface area contributed by atoms with Crippen molar-refractivity contribution in [3.05, 3.63) is 47.2 Å². The molecule has 0 spiro atoms. The van der Waals surface area contributed by atoms with Gasteiger partial charge in [0.25, 0.3) is 0 Å². The number of Topliss-reactive ketones (excluding diaryl/α,β-unsaturated/α-hetero) is 1. The zero-order valence-corrected chi connectivity index (χ0v) is 26.0. The maximum Gasteiger partial charge on any atom is 0.338 e. The third kappa shape index (κ3) is 4.54. The Morgan fingerprint density at radius 1 is 1.09 bits per heavy atom. The molecule has 4 aliphatic rings. The molecule has 11 heteroatoms. The van der Waals surface area contributed by atoms with E-state index in [-0.39, 0.29) is 42.8 Å². The van der Waals surface area contributed by atoms with Gasteiger partial charge in [-0.2, -0.15) is 0 Å². The summed E-state index contributed by atoms with van der Waals surface area (Å²) in [5.74, 6) is -5.52. The van der Waals surface area contributed by atoms with Crippen LogP contribution in [0.2, 0.25) is 0 Å². The van der Waals surface area contributed by atoms with E-state index >= 15 is 0 Å². The SMILES string of the molecule is CCCC(=O)O[C@@]12CO[C@@H]1C[C@H](O)[C@@]1(C)C(=O)C(OC(C)=O)=C3C(C)[C@@H](O)C[C@@](O)([C@@H](OC(=O)c4ccccc4)C12)C3(C)C. The molecule has 11 nitrogen and oxygen atoms in total. The molecule has 0 aromatic heterocycles. The van der Waals surface area contributed by atoms with Gasteiger partial charge in [0.05, 0.1) is 35.7 Å². The Hall–Kier alpha value is -3.12. The highest BCUT2D eigenvalue weighted by Crippen LogP contribution is 2.64. The predicted molar refractivity (Wildman–Crippen MR) is 154 cm³/mol. The van der Waals surface area contributed by atoms with Crippen LogP contribution in [0.25, 0.3) is 0 Å². The van der Waals surface area contributed by atoms with Gasteiger partial charge in [0, 0.05) is 37.5 Å². The lowest BCUT2D eigenvalue weighted by Crippen LogP contribution is -2.81. The van der Waals surface area contributed by atoms with Gasteiger partial charge >= 0.3 is 17.9 Å². The van der Waals surface area contributed by atoms with Gasteiger partial charge in [-0.05, 0) is 31.1 Å². The number of hydrogen-bond acceptors (Lipinski definition) is 11. The van der Waals surface area contributed by atoms with Crippen LogP contribution in [0.5, 0.6) is 0 Å². The Morgan fingerprint density at radius 3 is 2.32 bits per heavy atom. The number of carbonyl (C=O) groups is 4. The minimum absolute atomic E-state index is 0.0532. The zero-order chi connectivity index (χ0) is 32.4. The van der Waals surface area contributed by atoms with Gasteiger partial charge in [0.15, 0.2) is 11.4 Å². The van der Waals surface area contributed by atoms with Crippen LogP contribution in [-0.2, 0) is 33.3 Å². The molecule has 5 rings (SSSR count). The number of rotatable bonds is 6. The van der Waals surface area contributed by atoms with Crippen molar-refractivity contribution in [2.45, 2.75) is 103 Å². The fraction of sp³-hybridized carbons (Fsp3) is 0.636. The second kappa shape index (κ2) is 11.0. The summed E-state index contributed by atoms with van der Waals surface area (Å²) < 4.78 is 23.9. The second-order valence-electron chi connectivity index (χ2n) is 13.5. The molecule has 1 aliphatic heterocycles. The molecule has 2 unspecified atom stereocenters. The average molecular weight is 615 g/mol. The second-order valence-corrected chi connectivity index (χ2v) is 13.5. The summed E-state index contributed by atoms with van der Waals surface area (Å²) >= 11 is 0. The lowest BCUT2D eigenvalue weighted by molar-refractivity contribution is -0.345. The quantitative estimate of drug-likeness (QED) is 0.319. The van der Waals surface area contributed by atoms with Gasteiger partial charge in [0.2, 0.25) is 5.78 Å². The number of aliphatic hydroxyl groups excluding tert-OH is 2. The third-order valence-corrected chi connectivity index (χ3v) is 10.6. The fourth-order valence-electron chi connectivity index (χ4n) is 8.09. The molecule has 1 aromatic rings. The molecule has 240 valence electrons. The Bertz CT molecular complexity index is 1380. The molecule has 1 heterocycles. The van der Waals surface area contributed by atoms with Crippen molar-refractivity contribution in [2.75, 3.05) is 6.61 Å². The number of hydrogen-bond donors (Lipinski definition) is 3. The Labute approximate surface area is 256 Å². The van der Waals surface area contributed by atoms with E-state index in [2.05, 4.69) is 0 Å². The number of ketones is 1. The van der Waals surface area contributed by atoms with Gasteiger partial charge in [0.1, 0.15) is 17.8 Å². The minimum Gasteiger partial charge on any atom is -0.455 e. The normalized spacial score (nSPS) is 39.1. The van der Waals surface area contributed by atoms with Crippen LogP contribution in [0.1, 0.15) is 77.6 Å². The molecule has 0 amide bonds. The van der Waals surface area contributed by atoms with Crippen molar-refractivity contribution < 1.29 is 53.4 Å². The molecular weight excluding hydrogens is 572 g/mol. The number of benzene rings is 1. The van der Waals surface area contributed by atoms with Gasteiger partial charge in [-0.3, -0.25) is 14.4 Å². The summed E-state index contributed by atoms with van der Waals surface area (Å²) in [7, 11) is 0. The smallest absolute Gasteiger partial charge is 0.338 e. The first-order valence-electron chi connectivity index (χ1n) is 15.2. The average Bonchev–Trinajstić information content (AvgIpc) is 2.95. The molecule has 3 N–H and O–H groups in total. The van der Waals surface area contributed by atoms with Crippen LogP contribution < -0.4 is 0 Å². The standard InChI is InChI=1S/C33H42O11/c1-7-11-23(37)44-32-16-41-22(32)14-21(36)31(6)26(32)28(43-29(39)19-12-9-8-10-13-19)33(40)15-20(35)17(2)24(30(33,4)5)25(27(31)38)42-18(3)34/h8-10,12-13,17,20-22,26,28,35-36,40H,7,11,14-16H2,1-6H3/t17?,20-,21-,22+,26?,28-,31+,32-,33+/m0/s1. The Balaban J connectivity index is 1.84. The van der Waals surface area contributed by atoms with E-state index in [1.54, 1.807) is 45.9 Å². The molecule has 2 saturated carbocycles. The number of allylic oxidation sites excluding steroid dienone is 1. The van der Waals surface area contributed by atoms with E-state index < -0.39 is 82.0 Å². The monoisotopic (exact) mass is 614 g/mol. The molecule has 3 aliphatic carbocycles. The van der Waals surface area contributed by atoms with E-state index in [0.717, 1.165) is 6.92 Å². The number of fused-ring (bicyclic) bond motifs is 5. The molecule has 1 aromatic carbocycles. The first-order valence-corrected chi connectivity index (χ1v) is 15.2. The first kappa shape index (κ1) is 32.3. The van der Waals surface area contributed by atoms with Gasteiger partial charge in [-0.15, -0.1) is 0 Å². The maximum atomic E-state index is 14.9. The minimum atomic E-state index is -2.11. The van der Waals surface area contributed by atoms with E-state index in [1.165, 1.54) is 19.1 Å².